The van der Waals surface area contributed by atoms with E-state index in [2.05, 4.69) is 0 Å². The van der Waals surface area contributed by atoms with Gasteiger partial charge in [0.05, 0.1) is 0 Å². The largest absolute Gasteiger partial charge is 0.368 e. The van der Waals surface area contributed by atoms with Gasteiger partial charge in [0.25, 0.3) is 0 Å². The summed E-state index contributed by atoms with van der Waals surface area (Å²) >= 11 is 0. The molecule has 0 radical (unpaired) electrons. The first-order valence-corrected chi connectivity index (χ1v) is 8.55. The molecule has 0 saturated carbocycles. The number of carbonyl (C=O) groups excluding carboxylic acids is 3. The molecule has 24 heavy (non-hydrogen) atoms. The Morgan fingerprint density at radius 3 is 2.17 bits per heavy atom. The minimum atomic E-state index is -0.724. The molecule has 2 N–H and O–H groups in total. The summed E-state index contributed by atoms with van der Waals surface area (Å²) in [6, 6.07) is -1.22. The van der Waals surface area contributed by atoms with Crippen molar-refractivity contribution >= 4 is 17.8 Å². The van der Waals surface area contributed by atoms with E-state index in [0.29, 0.717) is 18.8 Å². The number of urea groups is 1. The van der Waals surface area contributed by atoms with Crippen LogP contribution >= 0.6 is 0 Å². The predicted octanol–water partition coefficient (Wildman–Crippen LogP) is 2.78. The molecule has 0 bridgehead atoms. The molecule has 2 unspecified atom stereocenters. The van der Waals surface area contributed by atoms with Gasteiger partial charge in [-0.1, -0.05) is 32.9 Å². The molecule has 0 aliphatic carbocycles. The quantitative estimate of drug-likeness (QED) is 0.656. The third-order valence-electron chi connectivity index (χ3n) is 4.09. The van der Waals surface area contributed by atoms with Gasteiger partial charge in [0.1, 0.15) is 6.04 Å². The molecule has 2 atom stereocenters. The SMILES string of the molecule is CC=CCC(C)CC(C(N)=O)N(C)C(=O)N(C)C(=O)CCC(C)C. The van der Waals surface area contributed by atoms with Crippen LogP contribution in [-0.4, -0.2) is 47.8 Å². The van der Waals surface area contributed by atoms with Gasteiger partial charge in [-0.05, 0) is 38.0 Å². The molecule has 0 aliphatic rings. The molecule has 0 fully saturated rings. The smallest absolute Gasteiger partial charge is 0.326 e. The number of rotatable bonds is 9. The van der Waals surface area contributed by atoms with Crippen LogP contribution < -0.4 is 5.73 Å². The summed E-state index contributed by atoms with van der Waals surface area (Å²) in [5.74, 6) is -0.205. The minimum absolute atomic E-state index is 0.205. The number of amides is 4. The fraction of sp³-hybridized carbons (Fsp3) is 0.722. The van der Waals surface area contributed by atoms with E-state index in [0.717, 1.165) is 17.7 Å². The van der Waals surface area contributed by atoms with E-state index >= 15 is 0 Å². The van der Waals surface area contributed by atoms with Crippen molar-refractivity contribution in [3.05, 3.63) is 12.2 Å². The number of likely N-dealkylation sites (N-methyl/N-ethyl adjacent to an activating group) is 1. The fourth-order valence-corrected chi connectivity index (χ4v) is 2.37. The first kappa shape index (κ1) is 22.1. The Hall–Kier alpha value is -1.85. The maximum Gasteiger partial charge on any atom is 0.326 e. The number of hydrogen-bond acceptors (Lipinski definition) is 3. The highest BCUT2D eigenvalue weighted by Crippen LogP contribution is 2.16. The second kappa shape index (κ2) is 10.8. The highest BCUT2D eigenvalue weighted by Gasteiger charge is 2.30. The summed E-state index contributed by atoms with van der Waals surface area (Å²) in [6.45, 7) is 7.99. The van der Waals surface area contributed by atoms with Gasteiger partial charge in [0, 0.05) is 20.5 Å². The average molecular weight is 339 g/mol. The summed E-state index contributed by atoms with van der Waals surface area (Å²) < 4.78 is 0. The Bertz CT molecular complexity index is 460. The van der Waals surface area contributed by atoms with Crippen LogP contribution in [0.15, 0.2) is 12.2 Å². The molecule has 0 rings (SSSR count). The van der Waals surface area contributed by atoms with Crippen molar-refractivity contribution in [3.8, 4) is 0 Å². The molecule has 6 heteroatoms. The Kier molecular flexibility index (Phi) is 10.0. The van der Waals surface area contributed by atoms with Crippen LogP contribution in [0, 0.1) is 11.8 Å². The van der Waals surface area contributed by atoms with Gasteiger partial charge >= 0.3 is 6.03 Å². The van der Waals surface area contributed by atoms with Crippen molar-refractivity contribution in [1.29, 1.82) is 0 Å². The van der Waals surface area contributed by atoms with Crippen LogP contribution in [0.25, 0.3) is 0 Å². The Balaban J connectivity index is 4.89. The van der Waals surface area contributed by atoms with Crippen molar-refractivity contribution in [2.24, 2.45) is 17.6 Å². The molecule has 138 valence electrons. The standard InChI is InChI=1S/C18H33N3O3/c1-7-8-9-14(4)12-15(17(19)23)20(5)18(24)21(6)16(22)11-10-13(2)3/h7-8,13-15H,9-12H2,1-6H3,(H2,19,23). The van der Waals surface area contributed by atoms with Crippen molar-refractivity contribution < 1.29 is 14.4 Å². The molecule has 0 saturated heterocycles. The Morgan fingerprint density at radius 1 is 1.12 bits per heavy atom. The average Bonchev–Trinajstić information content (AvgIpc) is 2.53. The molecular weight excluding hydrogens is 306 g/mol. The third-order valence-corrected chi connectivity index (χ3v) is 4.09. The van der Waals surface area contributed by atoms with Gasteiger partial charge in [-0.3, -0.25) is 14.5 Å². The lowest BCUT2D eigenvalue weighted by molar-refractivity contribution is -0.129. The molecule has 6 nitrogen and oxygen atoms in total. The summed E-state index contributed by atoms with van der Waals surface area (Å²) in [6.07, 6.45) is 6.28. The second-order valence-corrected chi connectivity index (χ2v) is 6.84. The summed E-state index contributed by atoms with van der Waals surface area (Å²) in [7, 11) is 2.97. The maximum atomic E-state index is 12.5. The van der Waals surface area contributed by atoms with Crippen LogP contribution in [0.3, 0.4) is 0 Å². The van der Waals surface area contributed by atoms with Crippen LogP contribution in [0.1, 0.15) is 53.4 Å². The van der Waals surface area contributed by atoms with E-state index in [1.165, 1.54) is 19.0 Å². The zero-order valence-corrected chi connectivity index (χ0v) is 15.9. The van der Waals surface area contributed by atoms with Gasteiger partial charge in [0.2, 0.25) is 11.8 Å². The lowest BCUT2D eigenvalue weighted by Gasteiger charge is -2.30. The predicted molar refractivity (Wildman–Crippen MR) is 96.2 cm³/mol. The highest BCUT2D eigenvalue weighted by molar-refractivity contribution is 5.96. The highest BCUT2D eigenvalue weighted by atomic mass is 16.2. The van der Waals surface area contributed by atoms with Crippen LogP contribution in [0.5, 0.6) is 0 Å². The van der Waals surface area contributed by atoms with Crippen molar-refractivity contribution in [2.45, 2.75) is 59.4 Å². The Labute approximate surface area is 146 Å². The molecule has 0 aliphatic heterocycles. The van der Waals surface area contributed by atoms with Gasteiger partial charge in [-0.15, -0.1) is 0 Å². The lowest BCUT2D eigenvalue weighted by atomic mass is 9.97. The van der Waals surface area contributed by atoms with E-state index in [9.17, 15) is 14.4 Å². The van der Waals surface area contributed by atoms with Gasteiger partial charge in [0.15, 0.2) is 0 Å². The van der Waals surface area contributed by atoms with Gasteiger partial charge < -0.3 is 10.6 Å². The number of primary amides is 1. The lowest BCUT2D eigenvalue weighted by Crippen LogP contribution is -2.51. The minimum Gasteiger partial charge on any atom is -0.368 e. The fourth-order valence-electron chi connectivity index (χ4n) is 2.37. The molecule has 0 spiro atoms. The van der Waals surface area contributed by atoms with E-state index < -0.39 is 18.0 Å². The molecule has 0 aromatic carbocycles. The van der Waals surface area contributed by atoms with Crippen molar-refractivity contribution in [2.75, 3.05) is 14.1 Å². The second-order valence-electron chi connectivity index (χ2n) is 6.84. The number of nitrogens with two attached hydrogens (primary N) is 1. The number of allylic oxidation sites excluding steroid dienone is 2. The Morgan fingerprint density at radius 2 is 1.71 bits per heavy atom. The monoisotopic (exact) mass is 339 g/mol. The molecule has 0 aromatic rings. The van der Waals surface area contributed by atoms with Gasteiger partial charge in [-0.25, -0.2) is 4.79 Å². The number of hydrogen-bond donors (Lipinski definition) is 1. The van der Waals surface area contributed by atoms with Crippen LogP contribution in [0.2, 0.25) is 0 Å². The summed E-state index contributed by atoms with van der Waals surface area (Å²) in [5.41, 5.74) is 5.47. The normalized spacial score (nSPS) is 13.8. The van der Waals surface area contributed by atoms with Gasteiger partial charge in [-0.2, -0.15) is 0 Å². The van der Waals surface area contributed by atoms with Crippen LogP contribution in [-0.2, 0) is 9.59 Å². The summed E-state index contributed by atoms with van der Waals surface area (Å²) in [4.78, 5) is 38.7. The third kappa shape index (κ3) is 7.62. The first-order valence-electron chi connectivity index (χ1n) is 8.55. The molecule has 4 amide bonds. The zero-order valence-electron chi connectivity index (χ0n) is 15.9. The molecule has 0 heterocycles. The summed E-state index contributed by atoms with van der Waals surface area (Å²) in [5, 5.41) is 0. The maximum absolute atomic E-state index is 12.5. The molecular formula is C18H33N3O3. The van der Waals surface area contributed by atoms with E-state index in [4.69, 9.17) is 5.73 Å². The number of imide groups is 1. The zero-order chi connectivity index (χ0) is 18.9. The molecule has 0 aromatic heterocycles. The van der Waals surface area contributed by atoms with Crippen molar-refractivity contribution in [3.63, 3.8) is 0 Å². The topological polar surface area (TPSA) is 83.7 Å². The number of carbonyl (C=O) groups is 3. The van der Waals surface area contributed by atoms with Crippen LogP contribution in [0.4, 0.5) is 4.79 Å². The number of nitrogens with zero attached hydrogens (tertiary/aromatic N) is 2. The van der Waals surface area contributed by atoms with E-state index in [-0.39, 0.29) is 11.8 Å². The van der Waals surface area contributed by atoms with Crippen molar-refractivity contribution in [1.82, 2.24) is 9.80 Å². The first-order chi connectivity index (χ1) is 11.1. The van der Waals surface area contributed by atoms with E-state index in [1.54, 1.807) is 0 Å². The van der Waals surface area contributed by atoms with E-state index in [1.807, 2.05) is 39.8 Å².